The van der Waals surface area contributed by atoms with Gasteiger partial charge in [-0.1, -0.05) is 11.6 Å². The highest BCUT2D eigenvalue weighted by molar-refractivity contribution is 5.43. The number of rotatable bonds is 6. The molecule has 3 rings (SSSR count). The van der Waals surface area contributed by atoms with E-state index in [0.29, 0.717) is 6.04 Å². The molecule has 4 heteroatoms. The number of aryl methyl sites for hydroxylation is 1. The maximum Gasteiger partial charge on any atom is 0.224 e. The molecule has 0 saturated heterocycles. The van der Waals surface area contributed by atoms with E-state index in [-0.39, 0.29) is 0 Å². The van der Waals surface area contributed by atoms with Crippen molar-refractivity contribution < 1.29 is 0 Å². The average molecular weight is 272 g/mol. The minimum absolute atomic E-state index is 0.629. The normalized spacial score (nSPS) is 18.6. The quantitative estimate of drug-likeness (QED) is 0.776. The minimum atomic E-state index is 0.629. The lowest BCUT2D eigenvalue weighted by molar-refractivity contribution is 0.679. The van der Waals surface area contributed by atoms with Crippen LogP contribution in [0.2, 0.25) is 0 Å². The molecule has 2 N–H and O–H groups in total. The van der Waals surface area contributed by atoms with E-state index in [9.17, 15) is 0 Å². The Balaban J connectivity index is 1.53. The third kappa shape index (κ3) is 3.95. The third-order valence-electron chi connectivity index (χ3n) is 3.90. The van der Waals surface area contributed by atoms with Crippen molar-refractivity contribution in [2.24, 2.45) is 0 Å². The molecule has 20 heavy (non-hydrogen) atoms. The molecule has 108 valence electrons. The molecule has 1 aromatic heterocycles. The topological polar surface area (TPSA) is 49.8 Å². The number of hydrogen-bond donors (Lipinski definition) is 2. The van der Waals surface area contributed by atoms with E-state index < -0.39 is 0 Å². The van der Waals surface area contributed by atoms with Crippen molar-refractivity contribution in [1.29, 1.82) is 0 Å². The van der Waals surface area contributed by atoms with Crippen LogP contribution in [0.3, 0.4) is 0 Å². The maximum absolute atomic E-state index is 4.54. The summed E-state index contributed by atoms with van der Waals surface area (Å²) in [6.45, 7) is 2.95. The molecule has 4 nitrogen and oxygen atoms in total. The highest BCUT2D eigenvalue weighted by Gasteiger charge is 2.21. The largest absolute Gasteiger partial charge is 0.367 e. The molecule has 0 atom stereocenters. The molecule has 1 fully saturated rings. The number of nitrogens with one attached hydrogen (secondary N) is 2. The molecule has 1 saturated carbocycles. The van der Waals surface area contributed by atoms with Gasteiger partial charge in [-0.3, -0.25) is 0 Å². The lowest BCUT2D eigenvalue weighted by Gasteiger charge is -2.13. The number of aromatic nitrogens is 2. The summed E-state index contributed by atoms with van der Waals surface area (Å²) >= 11 is 0. The van der Waals surface area contributed by atoms with Crippen LogP contribution in [0.4, 0.5) is 11.8 Å². The van der Waals surface area contributed by atoms with E-state index in [0.717, 1.165) is 30.4 Å². The number of nitrogens with zero attached hydrogens (tertiary/aromatic N) is 2. The predicted molar refractivity (Wildman–Crippen MR) is 83.1 cm³/mol. The van der Waals surface area contributed by atoms with Crippen molar-refractivity contribution in [2.45, 2.75) is 57.9 Å². The summed E-state index contributed by atoms with van der Waals surface area (Å²) in [6, 6.07) is 2.65. The highest BCUT2D eigenvalue weighted by atomic mass is 15.2. The van der Waals surface area contributed by atoms with Crippen molar-refractivity contribution >= 4 is 11.8 Å². The summed E-state index contributed by atoms with van der Waals surface area (Å²) in [4.78, 5) is 9.01. The Morgan fingerprint density at radius 3 is 2.90 bits per heavy atom. The van der Waals surface area contributed by atoms with Crippen molar-refractivity contribution in [3.8, 4) is 0 Å². The second kappa shape index (κ2) is 6.25. The number of allylic oxidation sites excluding steroid dienone is 1. The van der Waals surface area contributed by atoms with E-state index >= 15 is 0 Å². The van der Waals surface area contributed by atoms with Crippen molar-refractivity contribution in [3.63, 3.8) is 0 Å². The Morgan fingerprint density at radius 2 is 2.15 bits per heavy atom. The van der Waals surface area contributed by atoms with Gasteiger partial charge in [0.05, 0.1) is 0 Å². The molecule has 0 radical (unpaired) electrons. The molecule has 1 heterocycles. The van der Waals surface area contributed by atoms with Gasteiger partial charge in [0.25, 0.3) is 0 Å². The summed E-state index contributed by atoms with van der Waals surface area (Å²) in [5.41, 5.74) is 2.61. The van der Waals surface area contributed by atoms with Crippen LogP contribution in [-0.2, 0) is 0 Å². The van der Waals surface area contributed by atoms with E-state index in [1.54, 1.807) is 5.57 Å². The monoisotopic (exact) mass is 272 g/mol. The first-order valence-corrected chi connectivity index (χ1v) is 7.83. The zero-order chi connectivity index (χ0) is 13.8. The molecule has 0 aromatic carbocycles. The zero-order valence-corrected chi connectivity index (χ0v) is 12.3. The van der Waals surface area contributed by atoms with Gasteiger partial charge in [0, 0.05) is 24.3 Å². The van der Waals surface area contributed by atoms with Gasteiger partial charge in [0.15, 0.2) is 0 Å². The zero-order valence-electron chi connectivity index (χ0n) is 12.3. The average Bonchev–Trinajstić information content (AvgIpc) is 3.23. The van der Waals surface area contributed by atoms with Gasteiger partial charge in [-0.15, -0.1) is 0 Å². The van der Waals surface area contributed by atoms with Crippen LogP contribution in [0.1, 0.15) is 50.6 Å². The van der Waals surface area contributed by atoms with E-state index in [4.69, 9.17) is 0 Å². The maximum atomic E-state index is 4.54. The number of hydrogen-bond acceptors (Lipinski definition) is 4. The molecule has 0 bridgehead atoms. The Hall–Kier alpha value is -1.58. The van der Waals surface area contributed by atoms with Gasteiger partial charge in [0.1, 0.15) is 5.82 Å². The molecule has 2 aliphatic carbocycles. The summed E-state index contributed by atoms with van der Waals surface area (Å²) in [5, 5.41) is 6.80. The summed E-state index contributed by atoms with van der Waals surface area (Å²) in [5.74, 6) is 1.71. The van der Waals surface area contributed by atoms with Crippen molar-refractivity contribution in [2.75, 3.05) is 17.2 Å². The fraction of sp³-hybridized carbons (Fsp3) is 0.625. The SMILES string of the molecule is Cc1cc(NC2CC2)nc(NCCC2=CCCCC2)n1. The molecule has 0 aliphatic heterocycles. The Kier molecular flexibility index (Phi) is 4.19. The fourth-order valence-corrected chi connectivity index (χ4v) is 2.62. The molecule has 0 unspecified atom stereocenters. The molecule has 0 spiro atoms. The van der Waals surface area contributed by atoms with E-state index in [1.165, 1.54) is 38.5 Å². The molecule has 0 amide bonds. The van der Waals surface area contributed by atoms with Gasteiger partial charge >= 0.3 is 0 Å². The van der Waals surface area contributed by atoms with Crippen LogP contribution in [0, 0.1) is 6.92 Å². The van der Waals surface area contributed by atoms with Crippen LogP contribution in [0.15, 0.2) is 17.7 Å². The Morgan fingerprint density at radius 1 is 1.25 bits per heavy atom. The van der Waals surface area contributed by atoms with E-state index in [2.05, 4.69) is 26.7 Å². The van der Waals surface area contributed by atoms with Gasteiger partial charge in [-0.05, 0) is 51.9 Å². The van der Waals surface area contributed by atoms with Crippen molar-refractivity contribution in [1.82, 2.24) is 9.97 Å². The van der Waals surface area contributed by atoms with Crippen LogP contribution in [0.25, 0.3) is 0 Å². The smallest absolute Gasteiger partial charge is 0.224 e. The second-order valence-corrected chi connectivity index (χ2v) is 5.92. The highest BCUT2D eigenvalue weighted by Crippen LogP contribution is 2.24. The summed E-state index contributed by atoms with van der Waals surface area (Å²) in [7, 11) is 0. The lowest BCUT2D eigenvalue weighted by Crippen LogP contribution is -2.10. The third-order valence-corrected chi connectivity index (χ3v) is 3.90. The van der Waals surface area contributed by atoms with Crippen molar-refractivity contribution in [3.05, 3.63) is 23.4 Å². The van der Waals surface area contributed by atoms with Gasteiger partial charge in [-0.25, -0.2) is 4.98 Å². The molecular weight excluding hydrogens is 248 g/mol. The molecule has 2 aliphatic rings. The molecular formula is C16H24N4. The molecule has 1 aromatic rings. The fourth-order valence-electron chi connectivity index (χ4n) is 2.62. The Labute approximate surface area is 121 Å². The van der Waals surface area contributed by atoms with Gasteiger partial charge < -0.3 is 10.6 Å². The minimum Gasteiger partial charge on any atom is -0.367 e. The first-order valence-electron chi connectivity index (χ1n) is 7.83. The van der Waals surface area contributed by atoms with E-state index in [1.807, 2.05) is 13.0 Å². The van der Waals surface area contributed by atoms with Crippen LogP contribution in [-0.4, -0.2) is 22.6 Å². The van der Waals surface area contributed by atoms with Crippen LogP contribution >= 0.6 is 0 Å². The summed E-state index contributed by atoms with van der Waals surface area (Å²) in [6.07, 6.45) is 11.3. The first-order chi connectivity index (χ1) is 9.79. The van der Waals surface area contributed by atoms with Crippen LogP contribution < -0.4 is 10.6 Å². The van der Waals surface area contributed by atoms with Crippen LogP contribution in [0.5, 0.6) is 0 Å². The van der Waals surface area contributed by atoms with Gasteiger partial charge in [-0.2, -0.15) is 4.98 Å². The number of anilines is 2. The summed E-state index contributed by atoms with van der Waals surface area (Å²) < 4.78 is 0. The standard InChI is InChI=1S/C16H24N4/c1-12-11-15(19-14-7-8-14)20-16(18-12)17-10-9-13-5-3-2-4-6-13/h5,11,14H,2-4,6-10H2,1H3,(H2,17,18,19,20). The lowest BCUT2D eigenvalue weighted by atomic mass is 9.97. The van der Waals surface area contributed by atoms with Gasteiger partial charge in [0.2, 0.25) is 5.95 Å². The second-order valence-electron chi connectivity index (χ2n) is 5.92. The Bertz CT molecular complexity index is 491. The first kappa shape index (κ1) is 13.4. The predicted octanol–water partition coefficient (Wildman–Crippen LogP) is 3.66.